The summed E-state index contributed by atoms with van der Waals surface area (Å²) in [6, 6.07) is 16.1. The third-order valence-corrected chi connectivity index (χ3v) is 7.15. The van der Waals surface area contributed by atoms with Crippen LogP contribution in [0.4, 0.5) is 16.2 Å². The van der Waals surface area contributed by atoms with Crippen LogP contribution in [0.1, 0.15) is 61.4 Å². The van der Waals surface area contributed by atoms with Gasteiger partial charge in [0.05, 0.1) is 11.7 Å². The van der Waals surface area contributed by atoms with Crippen molar-refractivity contribution >= 4 is 23.3 Å². The maximum Gasteiger partial charge on any atom is 0.319 e. The molecule has 0 unspecified atom stereocenters. The fourth-order valence-electron chi connectivity index (χ4n) is 5.06. The summed E-state index contributed by atoms with van der Waals surface area (Å²) in [5.41, 5.74) is 3.53. The van der Waals surface area contributed by atoms with E-state index in [1.165, 1.54) is 5.56 Å². The van der Waals surface area contributed by atoms with Crippen LogP contribution in [-0.2, 0) is 11.2 Å². The molecule has 7 heteroatoms. The quantitative estimate of drug-likeness (QED) is 0.409. The maximum atomic E-state index is 13.3. The van der Waals surface area contributed by atoms with Crippen molar-refractivity contribution in [1.82, 2.24) is 10.6 Å². The SMILES string of the molecule is CCCCNC(=O)Nc1ccc(N2CCC(Cc3ccccc3)CC2)c(C(=O)NC[C@@H]2CCCO2)c1. The molecule has 3 N–H and O–H groups in total. The first-order valence-electron chi connectivity index (χ1n) is 13.5. The largest absolute Gasteiger partial charge is 0.376 e. The van der Waals surface area contributed by atoms with Gasteiger partial charge in [-0.05, 0) is 68.2 Å². The zero-order valence-electron chi connectivity index (χ0n) is 21.4. The minimum Gasteiger partial charge on any atom is -0.376 e. The van der Waals surface area contributed by atoms with E-state index in [2.05, 4.69) is 58.1 Å². The van der Waals surface area contributed by atoms with Crippen molar-refractivity contribution in [2.45, 2.75) is 58.0 Å². The summed E-state index contributed by atoms with van der Waals surface area (Å²) >= 11 is 0. The molecular weight excluding hydrogens is 452 g/mol. The van der Waals surface area contributed by atoms with Crippen LogP contribution in [0.15, 0.2) is 48.5 Å². The zero-order valence-corrected chi connectivity index (χ0v) is 21.4. The summed E-state index contributed by atoms with van der Waals surface area (Å²) in [6.45, 7) is 5.81. The molecule has 2 aromatic carbocycles. The number of anilines is 2. The molecule has 194 valence electrons. The number of benzene rings is 2. The van der Waals surface area contributed by atoms with Gasteiger partial charge < -0.3 is 25.6 Å². The van der Waals surface area contributed by atoms with Crippen molar-refractivity contribution in [3.05, 3.63) is 59.7 Å². The highest BCUT2D eigenvalue weighted by molar-refractivity contribution is 6.02. The molecule has 2 aromatic rings. The first-order chi connectivity index (χ1) is 17.6. The standard InChI is InChI=1S/C29H40N4O3/c1-2-3-15-30-29(35)32-24-11-12-27(26(20-24)28(34)31-21-25-10-7-18-36-25)33-16-13-23(14-17-33)19-22-8-5-4-6-9-22/h4-6,8-9,11-12,20,23,25H,2-3,7,10,13-19,21H2,1H3,(H,31,34)(H2,30,32,35)/t25-/m0/s1. The van der Waals surface area contributed by atoms with Crippen LogP contribution < -0.4 is 20.9 Å². The Kier molecular flexibility index (Phi) is 9.61. The fraction of sp³-hybridized carbons (Fsp3) is 0.517. The average Bonchev–Trinajstić information content (AvgIpc) is 3.42. The lowest BCUT2D eigenvalue weighted by molar-refractivity contribution is 0.0858. The van der Waals surface area contributed by atoms with Gasteiger partial charge in [0, 0.05) is 44.2 Å². The van der Waals surface area contributed by atoms with Crippen molar-refractivity contribution < 1.29 is 14.3 Å². The molecule has 2 saturated heterocycles. The van der Waals surface area contributed by atoms with Gasteiger partial charge in [-0.3, -0.25) is 4.79 Å². The van der Waals surface area contributed by atoms with Gasteiger partial charge in [-0.2, -0.15) is 0 Å². The van der Waals surface area contributed by atoms with Crippen LogP contribution in [0, 0.1) is 5.92 Å². The van der Waals surface area contributed by atoms with Gasteiger partial charge in [0.1, 0.15) is 0 Å². The number of carbonyl (C=O) groups excluding carboxylic acids is 2. The van der Waals surface area contributed by atoms with E-state index in [0.29, 0.717) is 30.3 Å². The summed E-state index contributed by atoms with van der Waals surface area (Å²) in [7, 11) is 0. The lowest BCUT2D eigenvalue weighted by Gasteiger charge is -2.35. The van der Waals surface area contributed by atoms with Crippen molar-refractivity contribution in [2.75, 3.05) is 43.0 Å². The highest BCUT2D eigenvalue weighted by Gasteiger charge is 2.25. The minimum absolute atomic E-state index is 0.0804. The van der Waals surface area contributed by atoms with E-state index >= 15 is 0 Å². The van der Waals surface area contributed by atoms with Gasteiger partial charge in [0.25, 0.3) is 5.91 Å². The second-order valence-corrected chi connectivity index (χ2v) is 9.93. The van der Waals surface area contributed by atoms with Crippen LogP contribution in [0.2, 0.25) is 0 Å². The minimum atomic E-state index is -0.247. The van der Waals surface area contributed by atoms with Crippen LogP contribution >= 0.6 is 0 Å². The Balaban J connectivity index is 1.43. The van der Waals surface area contributed by atoms with E-state index in [0.717, 1.165) is 70.3 Å². The van der Waals surface area contributed by atoms with Crippen LogP contribution in [0.25, 0.3) is 0 Å². The predicted octanol–water partition coefficient (Wildman–Crippen LogP) is 4.98. The Bertz CT molecular complexity index is 983. The summed E-state index contributed by atoms with van der Waals surface area (Å²) in [6.07, 6.45) is 7.32. The number of rotatable bonds is 10. The van der Waals surface area contributed by atoms with E-state index in [4.69, 9.17) is 4.74 Å². The molecule has 4 rings (SSSR count). The number of nitrogens with one attached hydrogen (secondary N) is 3. The summed E-state index contributed by atoms with van der Waals surface area (Å²) in [4.78, 5) is 27.9. The molecule has 2 heterocycles. The highest BCUT2D eigenvalue weighted by atomic mass is 16.5. The van der Waals surface area contributed by atoms with Crippen LogP contribution in [0.3, 0.4) is 0 Å². The Morgan fingerprint density at radius 1 is 1.03 bits per heavy atom. The van der Waals surface area contributed by atoms with Crippen molar-refractivity contribution in [3.63, 3.8) is 0 Å². The maximum absolute atomic E-state index is 13.3. The number of nitrogens with zero attached hydrogens (tertiary/aromatic N) is 1. The van der Waals surface area contributed by atoms with Crippen molar-refractivity contribution in [2.24, 2.45) is 5.92 Å². The van der Waals surface area contributed by atoms with Crippen molar-refractivity contribution in [3.8, 4) is 0 Å². The van der Waals surface area contributed by atoms with Gasteiger partial charge in [-0.1, -0.05) is 43.7 Å². The number of hydrogen-bond acceptors (Lipinski definition) is 4. The average molecular weight is 493 g/mol. The van der Waals surface area contributed by atoms with Crippen LogP contribution in [0.5, 0.6) is 0 Å². The van der Waals surface area contributed by atoms with Gasteiger partial charge in [-0.15, -0.1) is 0 Å². The number of carbonyl (C=O) groups is 2. The molecule has 0 bridgehead atoms. The lowest BCUT2D eigenvalue weighted by Crippen LogP contribution is -2.37. The molecule has 0 radical (unpaired) electrons. The first-order valence-corrected chi connectivity index (χ1v) is 13.5. The van der Waals surface area contributed by atoms with E-state index in [9.17, 15) is 9.59 Å². The number of urea groups is 1. The second kappa shape index (κ2) is 13.3. The Morgan fingerprint density at radius 3 is 2.56 bits per heavy atom. The van der Waals surface area contributed by atoms with Gasteiger partial charge in [0.2, 0.25) is 0 Å². The van der Waals surface area contributed by atoms with E-state index in [1.54, 1.807) is 6.07 Å². The predicted molar refractivity (Wildman–Crippen MR) is 145 cm³/mol. The Labute approximate surface area is 215 Å². The number of piperidine rings is 1. The number of amides is 3. The van der Waals surface area contributed by atoms with Gasteiger partial charge in [-0.25, -0.2) is 4.79 Å². The molecule has 3 amide bonds. The number of ether oxygens (including phenoxy) is 1. The molecule has 2 aliphatic rings. The Hall–Kier alpha value is -3.06. The summed E-state index contributed by atoms with van der Waals surface area (Å²) in [5, 5.41) is 8.82. The van der Waals surface area contributed by atoms with E-state index in [-0.39, 0.29) is 18.0 Å². The lowest BCUT2D eigenvalue weighted by atomic mass is 9.89. The molecule has 0 aromatic heterocycles. The molecule has 36 heavy (non-hydrogen) atoms. The fourth-order valence-corrected chi connectivity index (χ4v) is 5.06. The zero-order chi connectivity index (χ0) is 25.2. The molecule has 1 atom stereocenters. The second-order valence-electron chi connectivity index (χ2n) is 9.93. The van der Waals surface area contributed by atoms with Crippen LogP contribution in [-0.4, -0.2) is 50.8 Å². The molecular formula is C29H40N4O3. The van der Waals surface area contributed by atoms with Gasteiger partial charge >= 0.3 is 6.03 Å². The smallest absolute Gasteiger partial charge is 0.319 e. The summed E-state index contributed by atoms with van der Waals surface area (Å²) < 4.78 is 5.68. The topological polar surface area (TPSA) is 82.7 Å². The molecule has 0 saturated carbocycles. The molecule has 7 nitrogen and oxygen atoms in total. The van der Waals surface area contributed by atoms with Gasteiger partial charge in [0.15, 0.2) is 0 Å². The van der Waals surface area contributed by atoms with E-state index < -0.39 is 0 Å². The number of unbranched alkanes of at least 4 members (excludes halogenated alkanes) is 1. The molecule has 0 aliphatic carbocycles. The highest BCUT2D eigenvalue weighted by Crippen LogP contribution is 2.30. The Morgan fingerprint density at radius 2 is 1.83 bits per heavy atom. The molecule has 2 aliphatic heterocycles. The monoisotopic (exact) mass is 492 g/mol. The third-order valence-electron chi connectivity index (χ3n) is 7.15. The molecule has 0 spiro atoms. The summed E-state index contributed by atoms with van der Waals surface area (Å²) in [5.74, 6) is 0.523. The third kappa shape index (κ3) is 7.47. The normalized spacial score (nSPS) is 18.1. The molecule has 2 fully saturated rings. The van der Waals surface area contributed by atoms with Crippen molar-refractivity contribution in [1.29, 1.82) is 0 Å². The number of hydrogen-bond donors (Lipinski definition) is 3. The van der Waals surface area contributed by atoms with E-state index in [1.807, 2.05) is 12.1 Å². The first kappa shape index (κ1) is 26.0.